The fourth-order valence-electron chi connectivity index (χ4n) is 2.74. The Labute approximate surface area is 151 Å². The minimum absolute atomic E-state index is 0. The van der Waals surface area contributed by atoms with E-state index in [9.17, 15) is 0 Å². The average Bonchev–Trinajstić information content (AvgIpc) is 2.97. The van der Waals surface area contributed by atoms with Crippen molar-refractivity contribution in [2.24, 2.45) is 10.9 Å². The quantitative estimate of drug-likeness (QED) is 0.451. The van der Waals surface area contributed by atoms with Gasteiger partial charge in [0.2, 0.25) is 0 Å². The normalized spacial score (nSPS) is 16.7. The molecule has 0 bridgehead atoms. The minimum atomic E-state index is 0. The molecule has 6 heteroatoms. The number of aliphatic imine (C=N–C) groups is 1. The van der Waals surface area contributed by atoms with Gasteiger partial charge in [0, 0.05) is 52.7 Å². The van der Waals surface area contributed by atoms with Crippen LogP contribution in [-0.2, 0) is 6.42 Å². The van der Waals surface area contributed by atoms with Gasteiger partial charge in [0.05, 0.1) is 6.26 Å². The summed E-state index contributed by atoms with van der Waals surface area (Å²) in [4.78, 5) is 9.28. The van der Waals surface area contributed by atoms with Gasteiger partial charge < -0.3 is 14.6 Å². The molecule has 0 saturated carbocycles. The molecule has 0 aromatic carbocycles. The molecule has 1 fully saturated rings. The molecule has 0 amide bonds. The number of nitrogens with one attached hydrogen (secondary N) is 1. The van der Waals surface area contributed by atoms with E-state index in [2.05, 4.69) is 34.0 Å². The molecule has 0 aliphatic carbocycles. The monoisotopic (exact) mass is 420 g/mol. The first-order valence-electron chi connectivity index (χ1n) is 7.89. The van der Waals surface area contributed by atoms with Gasteiger partial charge in [-0.2, -0.15) is 0 Å². The van der Waals surface area contributed by atoms with Gasteiger partial charge in [-0.1, -0.05) is 13.8 Å². The maximum Gasteiger partial charge on any atom is 0.193 e. The summed E-state index contributed by atoms with van der Waals surface area (Å²) >= 11 is 0. The lowest BCUT2D eigenvalue weighted by molar-refractivity contribution is 0.164. The molecule has 1 aromatic heterocycles. The third-order valence-electron chi connectivity index (χ3n) is 3.74. The lowest BCUT2D eigenvalue weighted by Gasteiger charge is -2.37. The van der Waals surface area contributed by atoms with E-state index in [1.807, 2.05) is 19.2 Å². The summed E-state index contributed by atoms with van der Waals surface area (Å²) in [6, 6.07) is 3.94. The van der Waals surface area contributed by atoms with Crippen LogP contribution in [0.2, 0.25) is 0 Å². The Hall–Kier alpha value is -0.760. The van der Waals surface area contributed by atoms with Gasteiger partial charge in [-0.15, -0.1) is 24.0 Å². The topological polar surface area (TPSA) is 44.0 Å². The van der Waals surface area contributed by atoms with Crippen LogP contribution in [0.5, 0.6) is 0 Å². The highest BCUT2D eigenvalue weighted by atomic mass is 127. The Morgan fingerprint density at radius 2 is 2.05 bits per heavy atom. The Balaban J connectivity index is 0.00000242. The Bertz CT molecular complexity index is 425. The van der Waals surface area contributed by atoms with Crippen LogP contribution in [0, 0.1) is 5.92 Å². The van der Waals surface area contributed by atoms with Crippen LogP contribution in [0.15, 0.2) is 27.8 Å². The van der Waals surface area contributed by atoms with Crippen molar-refractivity contribution in [3.05, 3.63) is 24.2 Å². The van der Waals surface area contributed by atoms with Crippen molar-refractivity contribution in [3.63, 3.8) is 0 Å². The summed E-state index contributed by atoms with van der Waals surface area (Å²) in [7, 11) is 1.86. The van der Waals surface area contributed by atoms with E-state index in [0.717, 1.165) is 56.8 Å². The number of halogens is 1. The van der Waals surface area contributed by atoms with Crippen LogP contribution in [-0.4, -0.2) is 62.1 Å². The summed E-state index contributed by atoms with van der Waals surface area (Å²) in [6.45, 7) is 10.9. The minimum Gasteiger partial charge on any atom is -0.469 e. The molecule has 126 valence electrons. The molecule has 1 N–H and O–H groups in total. The molecular weight excluding hydrogens is 391 g/mol. The predicted molar refractivity (Wildman–Crippen MR) is 102 cm³/mol. The maximum absolute atomic E-state index is 5.35. The lowest BCUT2D eigenvalue weighted by atomic mass is 10.2. The molecule has 22 heavy (non-hydrogen) atoms. The van der Waals surface area contributed by atoms with E-state index in [1.165, 1.54) is 6.54 Å². The fraction of sp³-hybridized carbons (Fsp3) is 0.688. The first kappa shape index (κ1) is 19.3. The highest BCUT2D eigenvalue weighted by Crippen LogP contribution is 2.06. The SMILES string of the molecule is CN=C(NCCc1ccco1)N1CCN(CC(C)C)CC1.I. The van der Waals surface area contributed by atoms with Gasteiger partial charge in [0.1, 0.15) is 5.76 Å². The van der Waals surface area contributed by atoms with Gasteiger partial charge in [0.15, 0.2) is 5.96 Å². The van der Waals surface area contributed by atoms with Crippen molar-refractivity contribution in [1.82, 2.24) is 15.1 Å². The molecule has 0 atom stereocenters. The predicted octanol–water partition coefficient (Wildman–Crippen LogP) is 2.29. The smallest absolute Gasteiger partial charge is 0.193 e. The average molecular weight is 420 g/mol. The molecule has 5 nitrogen and oxygen atoms in total. The van der Waals surface area contributed by atoms with Crippen LogP contribution >= 0.6 is 24.0 Å². The zero-order valence-electron chi connectivity index (χ0n) is 13.9. The van der Waals surface area contributed by atoms with Gasteiger partial charge >= 0.3 is 0 Å². The summed E-state index contributed by atoms with van der Waals surface area (Å²) in [5.74, 6) is 2.76. The zero-order valence-corrected chi connectivity index (χ0v) is 16.2. The summed E-state index contributed by atoms with van der Waals surface area (Å²) in [6.07, 6.45) is 2.61. The molecule has 0 radical (unpaired) electrons. The molecule has 1 aliphatic heterocycles. The van der Waals surface area contributed by atoms with E-state index in [0.29, 0.717) is 0 Å². The summed E-state index contributed by atoms with van der Waals surface area (Å²) < 4.78 is 5.35. The van der Waals surface area contributed by atoms with E-state index >= 15 is 0 Å². The highest BCUT2D eigenvalue weighted by molar-refractivity contribution is 14.0. The third kappa shape index (κ3) is 6.16. The maximum atomic E-state index is 5.35. The number of hydrogen-bond donors (Lipinski definition) is 1. The number of rotatable bonds is 5. The number of guanidine groups is 1. The van der Waals surface area contributed by atoms with Crippen molar-refractivity contribution < 1.29 is 4.42 Å². The van der Waals surface area contributed by atoms with E-state index in [-0.39, 0.29) is 24.0 Å². The summed E-state index contributed by atoms with van der Waals surface area (Å²) in [5, 5.41) is 3.43. The molecule has 2 heterocycles. The Kier molecular flexibility index (Phi) is 8.85. The highest BCUT2D eigenvalue weighted by Gasteiger charge is 2.19. The number of hydrogen-bond acceptors (Lipinski definition) is 3. The Morgan fingerprint density at radius 1 is 1.32 bits per heavy atom. The van der Waals surface area contributed by atoms with Crippen molar-refractivity contribution >= 4 is 29.9 Å². The number of furan rings is 1. The number of piperazine rings is 1. The second kappa shape index (κ2) is 10.1. The van der Waals surface area contributed by atoms with Crippen LogP contribution in [0.4, 0.5) is 0 Å². The molecular formula is C16H29IN4O. The largest absolute Gasteiger partial charge is 0.469 e. The fourth-order valence-corrected chi connectivity index (χ4v) is 2.74. The molecule has 0 unspecified atom stereocenters. The molecule has 1 aromatic rings. The number of nitrogens with zero attached hydrogens (tertiary/aromatic N) is 3. The van der Waals surface area contributed by atoms with Crippen LogP contribution in [0.25, 0.3) is 0 Å². The molecule has 1 aliphatic rings. The van der Waals surface area contributed by atoms with Crippen LogP contribution in [0.1, 0.15) is 19.6 Å². The second-order valence-corrected chi connectivity index (χ2v) is 5.98. The van der Waals surface area contributed by atoms with Crippen molar-refractivity contribution in [2.75, 3.05) is 46.3 Å². The lowest BCUT2D eigenvalue weighted by Crippen LogP contribution is -2.53. The van der Waals surface area contributed by atoms with Crippen molar-refractivity contribution in [3.8, 4) is 0 Å². The third-order valence-corrected chi connectivity index (χ3v) is 3.74. The van der Waals surface area contributed by atoms with Crippen LogP contribution in [0.3, 0.4) is 0 Å². The van der Waals surface area contributed by atoms with Crippen molar-refractivity contribution in [2.45, 2.75) is 20.3 Å². The summed E-state index contributed by atoms with van der Waals surface area (Å²) in [5.41, 5.74) is 0. The van der Waals surface area contributed by atoms with Gasteiger partial charge in [-0.25, -0.2) is 0 Å². The van der Waals surface area contributed by atoms with E-state index < -0.39 is 0 Å². The molecule has 2 rings (SSSR count). The zero-order chi connectivity index (χ0) is 15.1. The van der Waals surface area contributed by atoms with Gasteiger partial charge in [-0.05, 0) is 18.1 Å². The van der Waals surface area contributed by atoms with Gasteiger partial charge in [0.25, 0.3) is 0 Å². The van der Waals surface area contributed by atoms with Crippen LogP contribution < -0.4 is 5.32 Å². The Morgan fingerprint density at radius 3 is 2.59 bits per heavy atom. The first-order chi connectivity index (χ1) is 10.2. The standard InChI is InChI=1S/C16H28N4O.HI/c1-14(2)13-19-8-10-20(11-9-19)16(17-3)18-7-6-15-5-4-12-21-15;/h4-5,12,14H,6-11,13H2,1-3H3,(H,17,18);1H. The molecule has 1 saturated heterocycles. The van der Waals surface area contributed by atoms with E-state index in [1.54, 1.807) is 6.26 Å². The second-order valence-electron chi connectivity index (χ2n) is 5.98. The first-order valence-corrected chi connectivity index (χ1v) is 7.89. The van der Waals surface area contributed by atoms with Crippen molar-refractivity contribution in [1.29, 1.82) is 0 Å². The van der Waals surface area contributed by atoms with E-state index in [4.69, 9.17) is 4.42 Å². The molecule has 0 spiro atoms. The van der Waals surface area contributed by atoms with Gasteiger partial charge in [-0.3, -0.25) is 9.89 Å².